The van der Waals surface area contributed by atoms with Crippen LogP contribution in [0.2, 0.25) is 0 Å². The molecule has 21 heavy (non-hydrogen) atoms. The van der Waals surface area contributed by atoms with Crippen molar-refractivity contribution < 1.29 is 10.2 Å². The Morgan fingerprint density at radius 1 is 0.905 bits per heavy atom. The molecule has 0 bridgehead atoms. The lowest BCUT2D eigenvalue weighted by Crippen LogP contribution is -2.11. The first-order valence-electron chi connectivity index (χ1n) is 7.16. The van der Waals surface area contributed by atoms with Gasteiger partial charge in [0.2, 0.25) is 0 Å². The summed E-state index contributed by atoms with van der Waals surface area (Å²) >= 11 is 0. The molecular weight excluding hydrogens is 262 g/mol. The molecule has 0 radical (unpaired) electrons. The molecule has 0 amide bonds. The molecule has 2 aromatic carbocycles. The van der Waals surface area contributed by atoms with E-state index >= 15 is 0 Å². The van der Waals surface area contributed by atoms with Gasteiger partial charge in [0.1, 0.15) is 11.5 Å². The van der Waals surface area contributed by atoms with E-state index in [2.05, 4.69) is 50.4 Å². The number of nitrogens with one attached hydrogen (secondary N) is 1. The van der Waals surface area contributed by atoms with Gasteiger partial charge >= 0.3 is 0 Å². The zero-order valence-electron chi connectivity index (χ0n) is 13.0. The van der Waals surface area contributed by atoms with E-state index in [1.54, 1.807) is 12.1 Å². The van der Waals surface area contributed by atoms with Crippen LogP contribution >= 0.6 is 0 Å². The van der Waals surface area contributed by atoms with Crippen LogP contribution in [0.4, 0.5) is 5.69 Å². The Hall–Kier alpha value is -2.16. The van der Waals surface area contributed by atoms with Crippen LogP contribution < -0.4 is 5.32 Å². The van der Waals surface area contributed by atoms with Gasteiger partial charge in [0.15, 0.2) is 0 Å². The third-order valence-corrected chi connectivity index (χ3v) is 3.56. The van der Waals surface area contributed by atoms with Gasteiger partial charge in [0.05, 0.1) is 0 Å². The summed E-state index contributed by atoms with van der Waals surface area (Å²) in [5, 5.41) is 22.5. The second kappa shape index (κ2) is 5.68. The number of phenolic OH excluding ortho intramolecular Hbond substituents is 2. The number of phenols is 2. The summed E-state index contributed by atoms with van der Waals surface area (Å²) in [5.74, 6) is 0.142. The summed E-state index contributed by atoms with van der Waals surface area (Å²) in [5.41, 5.74) is 3.28. The van der Waals surface area contributed by atoms with E-state index in [-0.39, 0.29) is 23.0 Å². The Balaban J connectivity index is 2.14. The van der Waals surface area contributed by atoms with Crippen molar-refractivity contribution in [2.75, 3.05) is 5.32 Å². The van der Waals surface area contributed by atoms with Crippen LogP contribution in [0.5, 0.6) is 11.5 Å². The minimum absolute atomic E-state index is 0.0107. The highest BCUT2D eigenvalue weighted by Crippen LogP contribution is 2.28. The van der Waals surface area contributed by atoms with Gasteiger partial charge in [-0.2, -0.15) is 0 Å². The molecule has 1 unspecified atom stereocenters. The number of hydrogen-bond donors (Lipinski definition) is 3. The number of aromatic hydroxyl groups is 2. The first kappa shape index (κ1) is 15.2. The minimum atomic E-state index is -0.0107. The van der Waals surface area contributed by atoms with Gasteiger partial charge in [-0.1, -0.05) is 32.9 Å². The summed E-state index contributed by atoms with van der Waals surface area (Å²) in [4.78, 5) is 0. The summed E-state index contributed by atoms with van der Waals surface area (Å²) in [7, 11) is 0. The molecule has 1 atom stereocenters. The van der Waals surface area contributed by atoms with Gasteiger partial charge < -0.3 is 15.5 Å². The molecule has 0 aliphatic heterocycles. The van der Waals surface area contributed by atoms with E-state index in [1.165, 1.54) is 11.6 Å². The van der Waals surface area contributed by atoms with Gasteiger partial charge in [-0.05, 0) is 47.7 Å². The highest BCUT2D eigenvalue weighted by atomic mass is 16.3. The largest absolute Gasteiger partial charge is 0.508 e. The predicted octanol–water partition coefficient (Wildman–Crippen LogP) is 4.57. The maximum Gasteiger partial charge on any atom is 0.119 e. The molecule has 0 spiro atoms. The molecular formula is C18H23NO2. The summed E-state index contributed by atoms with van der Waals surface area (Å²) in [6.45, 7) is 8.56. The third-order valence-electron chi connectivity index (χ3n) is 3.56. The van der Waals surface area contributed by atoms with Crippen LogP contribution in [0.1, 0.15) is 44.9 Å². The van der Waals surface area contributed by atoms with E-state index < -0.39 is 0 Å². The van der Waals surface area contributed by atoms with Crippen molar-refractivity contribution in [3.05, 3.63) is 53.6 Å². The van der Waals surface area contributed by atoms with Gasteiger partial charge in [-0.15, -0.1) is 0 Å². The fourth-order valence-electron chi connectivity index (χ4n) is 2.27. The summed E-state index contributed by atoms with van der Waals surface area (Å²) < 4.78 is 0. The molecule has 3 heteroatoms. The molecule has 0 aromatic heterocycles. The Morgan fingerprint density at radius 3 is 1.90 bits per heavy atom. The molecule has 0 heterocycles. The van der Waals surface area contributed by atoms with Crippen LogP contribution in [-0.4, -0.2) is 10.2 Å². The van der Waals surface area contributed by atoms with Crippen LogP contribution in [-0.2, 0) is 5.41 Å². The molecule has 3 N–H and O–H groups in total. The van der Waals surface area contributed by atoms with Crippen LogP contribution in [0.25, 0.3) is 0 Å². The topological polar surface area (TPSA) is 52.5 Å². The molecule has 0 aliphatic rings. The standard InChI is InChI=1S/C18H23NO2/c1-12(13-9-16(20)11-17(21)10-13)19-15-7-5-14(6-8-15)18(2,3)4/h5-12,19-21H,1-4H3. The number of anilines is 1. The maximum absolute atomic E-state index is 9.55. The SMILES string of the molecule is CC(Nc1ccc(C(C)(C)C)cc1)c1cc(O)cc(O)c1. The average molecular weight is 285 g/mol. The zero-order valence-corrected chi connectivity index (χ0v) is 13.0. The van der Waals surface area contributed by atoms with E-state index in [9.17, 15) is 10.2 Å². The van der Waals surface area contributed by atoms with E-state index in [1.807, 2.05) is 6.92 Å². The lowest BCUT2D eigenvalue weighted by atomic mass is 9.87. The molecule has 3 nitrogen and oxygen atoms in total. The van der Waals surface area contributed by atoms with Gasteiger partial charge in [-0.3, -0.25) is 0 Å². The summed E-state index contributed by atoms with van der Waals surface area (Å²) in [6, 6.07) is 13.0. The normalized spacial score (nSPS) is 13.0. The minimum Gasteiger partial charge on any atom is -0.508 e. The lowest BCUT2D eigenvalue weighted by molar-refractivity contribution is 0.448. The molecule has 0 fully saturated rings. The lowest BCUT2D eigenvalue weighted by Gasteiger charge is -2.21. The highest BCUT2D eigenvalue weighted by molar-refractivity contribution is 5.49. The van der Waals surface area contributed by atoms with E-state index in [0.717, 1.165) is 11.3 Å². The number of rotatable bonds is 3. The van der Waals surface area contributed by atoms with Crippen LogP contribution in [0.15, 0.2) is 42.5 Å². The molecule has 0 saturated carbocycles. The van der Waals surface area contributed by atoms with Gasteiger partial charge in [-0.25, -0.2) is 0 Å². The Bertz CT molecular complexity index is 592. The van der Waals surface area contributed by atoms with Crippen molar-refractivity contribution in [3.8, 4) is 11.5 Å². The van der Waals surface area contributed by atoms with Gasteiger partial charge in [0, 0.05) is 17.8 Å². The first-order valence-corrected chi connectivity index (χ1v) is 7.16. The molecule has 2 aromatic rings. The fourth-order valence-corrected chi connectivity index (χ4v) is 2.27. The second-order valence-corrected chi connectivity index (χ2v) is 6.48. The number of benzene rings is 2. The van der Waals surface area contributed by atoms with Crippen molar-refractivity contribution in [3.63, 3.8) is 0 Å². The van der Waals surface area contributed by atoms with Crippen molar-refractivity contribution in [2.45, 2.75) is 39.2 Å². The van der Waals surface area contributed by atoms with E-state index in [4.69, 9.17) is 0 Å². The third kappa shape index (κ3) is 3.91. The predicted molar refractivity (Wildman–Crippen MR) is 87.0 cm³/mol. The maximum atomic E-state index is 9.55. The fraction of sp³-hybridized carbons (Fsp3) is 0.333. The second-order valence-electron chi connectivity index (χ2n) is 6.48. The molecule has 0 saturated heterocycles. The zero-order chi connectivity index (χ0) is 15.6. The molecule has 112 valence electrons. The number of hydrogen-bond acceptors (Lipinski definition) is 3. The molecule has 2 rings (SSSR count). The average Bonchev–Trinajstić information content (AvgIpc) is 2.37. The van der Waals surface area contributed by atoms with E-state index in [0.29, 0.717) is 0 Å². The van der Waals surface area contributed by atoms with Crippen molar-refractivity contribution in [1.29, 1.82) is 0 Å². The van der Waals surface area contributed by atoms with Gasteiger partial charge in [0.25, 0.3) is 0 Å². The summed E-state index contributed by atoms with van der Waals surface area (Å²) in [6.07, 6.45) is 0. The smallest absolute Gasteiger partial charge is 0.119 e. The monoisotopic (exact) mass is 285 g/mol. The highest BCUT2D eigenvalue weighted by Gasteiger charge is 2.13. The first-order chi connectivity index (χ1) is 9.75. The Kier molecular flexibility index (Phi) is 4.12. The van der Waals surface area contributed by atoms with Crippen LogP contribution in [0, 0.1) is 0 Å². The molecule has 0 aliphatic carbocycles. The van der Waals surface area contributed by atoms with Crippen molar-refractivity contribution in [1.82, 2.24) is 0 Å². The van der Waals surface area contributed by atoms with Crippen molar-refractivity contribution >= 4 is 5.69 Å². The Morgan fingerprint density at radius 2 is 1.43 bits per heavy atom. The quantitative estimate of drug-likeness (QED) is 0.774. The van der Waals surface area contributed by atoms with Crippen molar-refractivity contribution in [2.24, 2.45) is 0 Å². The van der Waals surface area contributed by atoms with Crippen LogP contribution in [0.3, 0.4) is 0 Å². The Labute approximate surface area is 126 Å².